The lowest BCUT2D eigenvalue weighted by molar-refractivity contribution is 0.0950. The lowest BCUT2D eigenvalue weighted by atomic mass is 10.1. The molecule has 0 unspecified atom stereocenters. The molecule has 23 heavy (non-hydrogen) atoms. The van der Waals surface area contributed by atoms with Crippen LogP contribution in [-0.2, 0) is 13.6 Å². The van der Waals surface area contributed by atoms with E-state index in [1.807, 2.05) is 0 Å². The smallest absolute Gasteiger partial charge is 0.408 e. The Morgan fingerprint density at radius 1 is 1.17 bits per heavy atom. The van der Waals surface area contributed by atoms with Crippen molar-refractivity contribution in [2.75, 3.05) is 0 Å². The third-order valence-corrected chi connectivity index (χ3v) is 3.49. The molecule has 0 saturated heterocycles. The van der Waals surface area contributed by atoms with Gasteiger partial charge in [-0.25, -0.2) is 13.6 Å². The predicted molar refractivity (Wildman–Crippen MR) is 79.0 cm³/mol. The Morgan fingerprint density at radius 3 is 2.70 bits per heavy atom. The number of fused-ring (bicyclic) bond motifs is 1. The number of amides is 1. The zero-order valence-electron chi connectivity index (χ0n) is 12.1. The number of aromatic nitrogens is 1. The molecule has 0 saturated carbocycles. The van der Waals surface area contributed by atoms with Crippen molar-refractivity contribution >= 4 is 17.0 Å². The van der Waals surface area contributed by atoms with Crippen molar-refractivity contribution in [2.24, 2.45) is 7.05 Å². The molecule has 0 fully saturated rings. The van der Waals surface area contributed by atoms with Gasteiger partial charge in [-0.15, -0.1) is 0 Å². The van der Waals surface area contributed by atoms with Crippen LogP contribution in [0.15, 0.2) is 45.6 Å². The largest absolute Gasteiger partial charge is 0.419 e. The summed E-state index contributed by atoms with van der Waals surface area (Å²) in [6, 6.07) is 8.00. The summed E-state index contributed by atoms with van der Waals surface area (Å²) in [5.74, 6) is -3.08. The molecule has 0 bridgehead atoms. The average Bonchev–Trinajstić information content (AvgIpc) is 2.82. The van der Waals surface area contributed by atoms with E-state index in [0.29, 0.717) is 11.1 Å². The van der Waals surface area contributed by atoms with Crippen molar-refractivity contribution in [1.82, 2.24) is 9.88 Å². The topological polar surface area (TPSA) is 64.2 Å². The van der Waals surface area contributed by atoms with Crippen molar-refractivity contribution < 1.29 is 18.0 Å². The van der Waals surface area contributed by atoms with Gasteiger partial charge in [0.2, 0.25) is 0 Å². The van der Waals surface area contributed by atoms with Crippen LogP contribution in [0.4, 0.5) is 8.78 Å². The maximum atomic E-state index is 13.1. The molecule has 0 spiro atoms. The number of nitrogens with zero attached hydrogens (tertiary/aromatic N) is 1. The molecule has 1 N–H and O–H groups in total. The fraction of sp³-hybridized carbons (Fsp3) is 0.125. The molecule has 0 aliphatic rings. The van der Waals surface area contributed by atoms with E-state index in [2.05, 4.69) is 5.32 Å². The highest BCUT2D eigenvalue weighted by atomic mass is 19.2. The minimum atomic E-state index is -1.08. The van der Waals surface area contributed by atoms with Crippen LogP contribution in [0.25, 0.3) is 11.1 Å². The molecule has 0 radical (unpaired) electrons. The van der Waals surface area contributed by atoms with Gasteiger partial charge in [-0.2, -0.15) is 0 Å². The van der Waals surface area contributed by atoms with Gasteiger partial charge in [0.05, 0.1) is 5.52 Å². The summed E-state index contributed by atoms with van der Waals surface area (Å²) in [6.07, 6.45) is 0. The molecule has 2 aromatic carbocycles. The monoisotopic (exact) mass is 318 g/mol. The molecule has 3 aromatic rings. The Hall–Kier alpha value is -2.96. The van der Waals surface area contributed by atoms with E-state index in [-0.39, 0.29) is 12.1 Å². The standard InChI is InChI=1S/C16H12F2N2O3/c1-20-13-6-9(2-5-14(13)23-16(20)22)8-19-15(21)10-3-4-11(17)12(18)7-10/h2-7H,8H2,1H3,(H,19,21). The summed E-state index contributed by atoms with van der Waals surface area (Å²) in [5.41, 5.74) is 1.83. The molecule has 0 atom stereocenters. The summed E-state index contributed by atoms with van der Waals surface area (Å²) in [5, 5.41) is 2.61. The molecular weight excluding hydrogens is 306 g/mol. The minimum absolute atomic E-state index is 0.0284. The van der Waals surface area contributed by atoms with Gasteiger partial charge < -0.3 is 9.73 Å². The zero-order chi connectivity index (χ0) is 16.6. The number of rotatable bonds is 3. The van der Waals surface area contributed by atoms with Gasteiger partial charge in [-0.3, -0.25) is 9.36 Å². The number of benzene rings is 2. The van der Waals surface area contributed by atoms with Crippen molar-refractivity contribution in [1.29, 1.82) is 0 Å². The van der Waals surface area contributed by atoms with Crippen molar-refractivity contribution in [2.45, 2.75) is 6.54 Å². The number of carbonyl (C=O) groups is 1. The van der Waals surface area contributed by atoms with E-state index in [9.17, 15) is 18.4 Å². The average molecular weight is 318 g/mol. The van der Waals surface area contributed by atoms with E-state index in [1.165, 1.54) is 10.6 Å². The highest BCUT2D eigenvalue weighted by Crippen LogP contribution is 2.14. The summed E-state index contributed by atoms with van der Waals surface area (Å²) < 4.78 is 32.4. The Bertz CT molecular complexity index is 960. The van der Waals surface area contributed by atoms with Crippen LogP contribution >= 0.6 is 0 Å². The fourth-order valence-corrected chi connectivity index (χ4v) is 2.20. The quantitative estimate of drug-likeness (QED) is 0.806. The third-order valence-electron chi connectivity index (χ3n) is 3.49. The van der Waals surface area contributed by atoms with E-state index in [1.54, 1.807) is 25.2 Å². The predicted octanol–water partition coefficient (Wildman–Crippen LogP) is 2.34. The number of hydrogen-bond acceptors (Lipinski definition) is 3. The first-order valence-electron chi connectivity index (χ1n) is 6.77. The van der Waals surface area contributed by atoms with Gasteiger partial charge in [0.25, 0.3) is 5.91 Å². The van der Waals surface area contributed by atoms with E-state index < -0.39 is 23.3 Å². The molecule has 0 aliphatic heterocycles. The second-order valence-electron chi connectivity index (χ2n) is 5.04. The van der Waals surface area contributed by atoms with Gasteiger partial charge in [0.1, 0.15) is 0 Å². The van der Waals surface area contributed by atoms with Crippen LogP contribution in [0.1, 0.15) is 15.9 Å². The van der Waals surface area contributed by atoms with Crippen molar-refractivity contribution in [3.63, 3.8) is 0 Å². The van der Waals surface area contributed by atoms with Gasteiger partial charge in [-0.1, -0.05) is 6.07 Å². The molecule has 1 aromatic heterocycles. The third kappa shape index (κ3) is 2.85. The number of halogens is 2. The summed E-state index contributed by atoms with van der Waals surface area (Å²) in [6.45, 7) is 0.174. The molecule has 1 amide bonds. The maximum absolute atomic E-state index is 13.1. The number of nitrogens with one attached hydrogen (secondary N) is 1. The summed E-state index contributed by atoms with van der Waals surface area (Å²) in [7, 11) is 1.58. The Morgan fingerprint density at radius 2 is 1.96 bits per heavy atom. The molecule has 118 valence electrons. The van der Waals surface area contributed by atoms with Gasteiger partial charge in [0, 0.05) is 19.2 Å². The van der Waals surface area contributed by atoms with Gasteiger partial charge in [0.15, 0.2) is 17.2 Å². The molecule has 1 heterocycles. The molecule has 5 nitrogen and oxygen atoms in total. The van der Waals surface area contributed by atoms with Crippen molar-refractivity contribution in [3.8, 4) is 0 Å². The van der Waals surface area contributed by atoms with Gasteiger partial charge >= 0.3 is 5.76 Å². The first-order chi connectivity index (χ1) is 11.0. The van der Waals surface area contributed by atoms with Crippen LogP contribution in [0.3, 0.4) is 0 Å². The number of carbonyl (C=O) groups excluding carboxylic acids is 1. The van der Waals surface area contributed by atoms with Crippen molar-refractivity contribution in [3.05, 3.63) is 69.7 Å². The maximum Gasteiger partial charge on any atom is 0.419 e. The second kappa shape index (κ2) is 5.68. The van der Waals surface area contributed by atoms with E-state index in [0.717, 1.165) is 17.7 Å². The Kier molecular flexibility index (Phi) is 3.69. The lowest BCUT2D eigenvalue weighted by Gasteiger charge is -2.06. The molecule has 7 heteroatoms. The first-order valence-corrected chi connectivity index (χ1v) is 6.77. The second-order valence-corrected chi connectivity index (χ2v) is 5.04. The van der Waals surface area contributed by atoms with Crippen LogP contribution in [0.5, 0.6) is 0 Å². The first kappa shape index (κ1) is 15.0. The summed E-state index contributed by atoms with van der Waals surface area (Å²) in [4.78, 5) is 23.4. The molecule has 3 rings (SSSR count). The lowest BCUT2D eigenvalue weighted by Crippen LogP contribution is -2.23. The van der Waals surface area contributed by atoms with Crippen LogP contribution in [0, 0.1) is 11.6 Å². The molecular formula is C16H12F2N2O3. The Balaban J connectivity index is 1.77. The highest BCUT2D eigenvalue weighted by molar-refractivity contribution is 5.94. The summed E-state index contributed by atoms with van der Waals surface area (Å²) >= 11 is 0. The normalized spacial score (nSPS) is 10.9. The van der Waals surface area contributed by atoms with Crippen LogP contribution in [-0.4, -0.2) is 10.5 Å². The zero-order valence-corrected chi connectivity index (χ0v) is 12.1. The number of hydrogen-bond donors (Lipinski definition) is 1. The van der Waals surface area contributed by atoms with E-state index >= 15 is 0 Å². The fourth-order valence-electron chi connectivity index (χ4n) is 2.20. The van der Waals surface area contributed by atoms with Crippen LogP contribution < -0.4 is 11.1 Å². The van der Waals surface area contributed by atoms with Gasteiger partial charge in [-0.05, 0) is 35.9 Å². The van der Waals surface area contributed by atoms with Crippen LogP contribution in [0.2, 0.25) is 0 Å². The minimum Gasteiger partial charge on any atom is -0.408 e. The highest BCUT2D eigenvalue weighted by Gasteiger charge is 2.10. The molecule has 0 aliphatic carbocycles. The van der Waals surface area contributed by atoms with E-state index in [4.69, 9.17) is 4.42 Å². The Labute approximate surface area is 129 Å². The SMILES string of the molecule is Cn1c(=O)oc2ccc(CNC(=O)c3ccc(F)c(F)c3)cc21. The number of aryl methyl sites for hydroxylation is 1. The number of oxazole rings is 1.